The van der Waals surface area contributed by atoms with E-state index < -0.39 is 18.3 Å². The van der Waals surface area contributed by atoms with Crippen LogP contribution in [0.2, 0.25) is 0 Å². The number of amides is 1. The van der Waals surface area contributed by atoms with Gasteiger partial charge in [-0.1, -0.05) is 0 Å². The molecule has 15 heavy (non-hydrogen) atoms. The van der Waals surface area contributed by atoms with Crippen molar-refractivity contribution < 1.29 is 27.1 Å². The fourth-order valence-electron chi connectivity index (χ4n) is 0.790. The van der Waals surface area contributed by atoms with Crippen LogP contribution in [0.1, 0.15) is 12.8 Å². The number of halogens is 4. The van der Waals surface area contributed by atoms with Gasteiger partial charge in [0.1, 0.15) is 0 Å². The number of alkyl halides is 4. The number of nitrogens with one attached hydrogen (secondary N) is 1. The number of carbonyl (C=O) groups excluding carboxylic acids is 1. The van der Waals surface area contributed by atoms with Crippen LogP contribution in [0.3, 0.4) is 0 Å². The highest BCUT2D eigenvalue weighted by Crippen LogP contribution is 2.22. The van der Waals surface area contributed by atoms with Crippen LogP contribution in [0.25, 0.3) is 0 Å². The van der Waals surface area contributed by atoms with Crippen LogP contribution in [-0.2, 0) is 9.53 Å². The average Bonchev–Trinajstić information content (AvgIpc) is 2.16. The van der Waals surface area contributed by atoms with Gasteiger partial charge in [-0.15, -0.1) is 0 Å². The second-order valence-corrected chi connectivity index (χ2v) is 2.88. The number of carbonyl (C=O) groups is 1. The highest BCUT2D eigenvalue weighted by atomic mass is 19.3. The molecule has 0 aliphatic carbocycles. The Morgan fingerprint density at radius 1 is 1.40 bits per heavy atom. The quantitative estimate of drug-likeness (QED) is 0.531. The molecule has 0 atom stereocenters. The zero-order chi connectivity index (χ0) is 11.9. The first-order chi connectivity index (χ1) is 6.92. The molecule has 0 fully saturated rings. The third-order valence-corrected chi connectivity index (χ3v) is 1.64. The summed E-state index contributed by atoms with van der Waals surface area (Å²) in [6.45, 7) is 0.367. The molecule has 0 heterocycles. The second kappa shape index (κ2) is 6.60. The minimum absolute atomic E-state index is 0.0650. The van der Waals surface area contributed by atoms with Gasteiger partial charge in [0.15, 0.2) is 0 Å². The highest BCUT2D eigenvalue weighted by molar-refractivity contribution is 5.83. The van der Waals surface area contributed by atoms with Crippen molar-refractivity contribution in [2.45, 2.75) is 25.2 Å². The topological polar surface area (TPSA) is 38.3 Å². The van der Waals surface area contributed by atoms with E-state index in [0.29, 0.717) is 19.4 Å². The van der Waals surface area contributed by atoms with Gasteiger partial charge in [0, 0.05) is 20.3 Å². The molecule has 0 aromatic carbocycles. The van der Waals surface area contributed by atoms with Crippen molar-refractivity contribution in [1.82, 2.24) is 5.32 Å². The Kier molecular flexibility index (Phi) is 6.23. The van der Waals surface area contributed by atoms with Gasteiger partial charge in [-0.25, -0.2) is 8.78 Å². The van der Waals surface area contributed by atoms with E-state index in [0.717, 1.165) is 0 Å². The van der Waals surface area contributed by atoms with Crippen LogP contribution < -0.4 is 5.32 Å². The summed E-state index contributed by atoms with van der Waals surface area (Å²) in [6.07, 6.45) is -3.01. The van der Waals surface area contributed by atoms with E-state index in [1.165, 1.54) is 7.11 Å². The SMILES string of the molecule is COCCCCNC(=O)C(F)(F)C(F)F. The van der Waals surface area contributed by atoms with Crippen molar-refractivity contribution in [3.8, 4) is 0 Å². The molecule has 1 amide bonds. The van der Waals surface area contributed by atoms with E-state index in [2.05, 4.69) is 4.74 Å². The van der Waals surface area contributed by atoms with E-state index in [1.807, 2.05) is 0 Å². The molecule has 90 valence electrons. The third kappa shape index (κ3) is 4.96. The Bertz CT molecular complexity index is 199. The summed E-state index contributed by atoms with van der Waals surface area (Å²) in [4.78, 5) is 10.6. The maximum Gasteiger partial charge on any atom is 0.383 e. The summed E-state index contributed by atoms with van der Waals surface area (Å²) >= 11 is 0. The third-order valence-electron chi connectivity index (χ3n) is 1.64. The van der Waals surface area contributed by atoms with Crippen molar-refractivity contribution in [3.63, 3.8) is 0 Å². The summed E-state index contributed by atoms with van der Waals surface area (Å²) in [5.74, 6) is -6.55. The first kappa shape index (κ1) is 14.2. The van der Waals surface area contributed by atoms with Crippen LogP contribution in [0.5, 0.6) is 0 Å². The van der Waals surface area contributed by atoms with Gasteiger partial charge in [-0.2, -0.15) is 8.78 Å². The molecule has 0 spiro atoms. The summed E-state index contributed by atoms with van der Waals surface area (Å²) in [7, 11) is 1.48. The Labute approximate surface area is 84.8 Å². The molecule has 0 unspecified atom stereocenters. The van der Waals surface area contributed by atoms with Gasteiger partial charge in [0.2, 0.25) is 0 Å². The standard InChI is InChI=1S/C8H13F4NO2/c1-15-5-3-2-4-13-7(14)8(11,12)6(9)10/h6H,2-5H2,1H3,(H,13,14). The van der Waals surface area contributed by atoms with Gasteiger partial charge in [-0.05, 0) is 12.8 Å². The Balaban J connectivity index is 3.74. The first-order valence-corrected chi connectivity index (χ1v) is 4.36. The van der Waals surface area contributed by atoms with Gasteiger partial charge in [0.25, 0.3) is 5.91 Å². The molecule has 0 aliphatic rings. The molecule has 3 nitrogen and oxygen atoms in total. The van der Waals surface area contributed by atoms with E-state index in [-0.39, 0.29) is 6.54 Å². The van der Waals surface area contributed by atoms with Gasteiger partial charge >= 0.3 is 12.3 Å². The summed E-state index contributed by atoms with van der Waals surface area (Å²) in [5.41, 5.74) is 0. The molecule has 0 bridgehead atoms. The normalized spacial score (nSPS) is 11.9. The monoisotopic (exact) mass is 231 g/mol. The second-order valence-electron chi connectivity index (χ2n) is 2.88. The number of rotatable bonds is 7. The van der Waals surface area contributed by atoms with Crippen molar-refractivity contribution in [2.24, 2.45) is 0 Å². The number of hydrogen-bond donors (Lipinski definition) is 1. The van der Waals surface area contributed by atoms with E-state index in [1.54, 1.807) is 5.32 Å². The zero-order valence-electron chi connectivity index (χ0n) is 8.23. The van der Waals surface area contributed by atoms with E-state index in [9.17, 15) is 22.4 Å². The number of hydrogen-bond acceptors (Lipinski definition) is 2. The molecular weight excluding hydrogens is 218 g/mol. The first-order valence-electron chi connectivity index (χ1n) is 4.36. The van der Waals surface area contributed by atoms with Crippen molar-refractivity contribution in [1.29, 1.82) is 0 Å². The predicted octanol–water partition coefficient (Wildman–Crippen LogP) is 1.43. The fourth-order valence-corrected chi connectivity index (χ4v) is 0.790. The summed E-state index contributed by atoms with van der Waals surface area (Å²) < 4.78 is 52.7. The van der Waals surface area contributed by atoms with Crippen LogP contribution in [-0.4, -0.2) is 38.5 Å². The largest absolute Gasteiger partial charge is 0.385 e. The fraction of sp³-hybridized carbons (Fsp3) is 0.875. The molecule has 0 saturated carbocycles. The molecule has 0 aromatic heterocycles. The van der Waals surface area contributed by atoms with Crippen molar-refractivity contribution in [2.75, 3.05) is 20.3 Å². The zero-order valence-corrected chi connectivity index (χ0v) is 8.23. The Hall–Kier alpha value is -0.850. The molecule has 0 aliphatic heterocycles. The predicted molar refractivity (Wildman–Crippen MR) is 45.1 cm³/mol. The number of methoxy groups -OCH3 is 1. The maximum absolute atomic E-state index is 12.3. The molecule has 0 rings (SSSR count). The van der Waals surface area contributed by atoms with Crippen molar-refractivity contribution >= 4 is 5.91 Å². The van der Waals surface area contributed by atoms with E-state index in [4.69, 9.17) is 0 Å². The molecule has 0 saturated heterocycles. The van der Waals surface area contributed by atoms with Gasteiger partial charge in [-0.3, -0.25) is 4.79 Å². The van der Waals surface area contributed by atoms with E-state index >= 15 is 0 Å². The summed E-state index contributed by atoms with van der Waals surface area (Å²) in [6, 6.07) is 0. The van der Waals surface area contributed by atoms with Crippen LogP contribution in [0, 0.1) is 0 Å². The molecule has 7 heteroatoms. The molecule has 1 N–H and O–H groups in total. The van der Waals surface area contributed by atoms with Gasteiger partial charge < -0.3 is 10.1 Å². The lowest BCUT2D eigenvalue weighted by molar-refractivity contribution is -0.169. The van der Waals surface area contributed by atoms with Crippen LogP contribution in [0.4, 0.5) is 17.6 Å². The number of unbranched alkanes of at least 4 members (excludes halogenated alkanes) is 1. The molecule has 0 aromatic rings. The number of ether oxygens (including phenoxy) is 1. The minimum Gasteiger partial charge on any atom is -0.385 e. The smallest absolute Gasteiger partial charge is 0.383 e. The highest BCUT2D eigenvalue weighted by Gasteiger charge is 2.48. The average molecular weight is 231 g/mol. The lowest BCUT2D eigenvalue weighted by atomic mass is 10.3. The minimum atomic E-state index is -4.61. The molecular formula is C8H13F4NO2. The Morgan fingerprint density at radius 2 is 2.00 bits per heavy atom. The van der Waals surface area contributed by atoms with Crippen LogP contribution in [0.15, 0.2) is 0 Å². The lowest BCUT2D eigenvalue weighted by Crippen LogP contribution is -2.45. The van der Waals surface area contributed by atoms with Crippen LogP contribution >= 0.6 is 0 Å². The summed E-state index contributed by atoms with van der Waals surface area (Å²) in [5, 5.41) is 1.74. The van der Waals surface area contributed by atoms with Gasteiger partial charge in [0.05, 0.1) is 0 Å². The van der Waals surface area contributed by atoms with Crippen molar-refractivity contribution in [3.05, 3.63) is 0 Å². The maximum atomic E-state index is 12.3. The lowest BCUT2D eigenvalue weighted by Gasteiger charge is -2.14. The Morgan fingerprint density at radius 3 is 2.47 bits per heavy atom. The molecule has 0 radical (unpaired) electrons.